The van der Waals surface area contributed by atoms with Crippen molar-refractivity contribution >= 4 is 11.9 Å². The molecule has 0 amide bonds. The minimum absolute atomic E-state index is 0.0123. The van der Waals surface area contributed by atoms with Gasteiger partial charge in [0, 0.05) is 12.5 Å². The molecule has 0 aromatic rings. The lowest BCUT2D eigenvalue weighted by Crippen LogP contribution is -2.38. The first-order valence-electron chi connectivity index (χ1n) is 19.5. The highest BCUT2D eigenvalue weighted by atomic mass is 16.5. The minimum Gasteiger partial charge on any atom is -0.466 e. The fourth-order valence-electron chi connectivity index (χ4n) is 6.78. The van der Waals surface area contributed by atoms with E-state index in [2.05, 4.69) is 32.7 Å². The molecule has 1 saturated heterocycles. The smallest absolute Gasteiger partial charge is 0.307 e. The molecule has 260 valence electrons. The Morgan fingerprint density at radius 1 is 0.636 bits per heavy atom. The molecule has 0 radical (unpaired) electrons. The summed E-state index contributed by atoms with van der Waals surface area (Å²) in [5, 5.41) is 0. The Labute approximate surface area is 274 Å². The summed E-state index contributed by atoms with van der Waals surface area (Å²) in [5.74, 6) is 0.527. The Balaban J connectivity index is 2.24. The Morgan fingerprint density at radius 3 is 1.77 bits per heavy atom. The van der Waals surface area contributed by atoms with Crippen LogP contribution in [0.25, 0.3) is 0 Å². The molecular formula is C39H75NO4. The molecule has 0 aromatic heterocycles. The van der Waals surface area contributed by atoms with Crippen molar-refractivity contribution in [3.05, 3.63) is 0 Å². The maximum Gasteiger partial charge on any atom is 0.307 e. The first-order valence-corrected chi connectivity index (χ1v) is 19.5. The van der Waals surface area contributed by atoms with Gasteiger partial charge in [-0.2, -0.15) is 0 Å². The summed E-state index contributed by atoms with van der Waals surface area (Å²) in [6, 6.07) is 0.354. The van der Waals surface area contributed by atoms with Crippen LogP contribution in [0.5, 0.6) is 0 Å². The van der Waals surface area contributed by atoms with Crippen LogP contribution >= 0.6 is 0 Å². The van der Waals surface area contributed by atoms with E-state index in [0.717, 1.165) is 51.5 Å². The monoisotopic (exact) mass is 622 g/mol. The fourth-order valence-corrected chi connectivity index (χ4v) is 6.78. The molecule has 1 fully saturated rings. The highest BCUT2D eigenvalue weighted by Gasteiger charge is 2.24. The molecule has 0 bridgehead atoms. The van der Waals surface area contributed by atoms with E-state index in [9.17, 15) is 9.59 Å². The molecule has 3 unspecified atom stereocenters. The number of unbranched alkanes of at least 4 members (excludes halogenated alkanes) is 15. The van der Waals surface area contributed by atoms with E-state index < -0.39 is 0 Å². The van der Waals surface area contributed by atoms with E-state index in [4.69, 9.17) is 9.47 Å². The first kappa shape index (κ1) is 40.9. The van der Waals surface area contributed by atoms with Gasteiger partial charge in [0.2, 0.25) is 0 Å². The van der Waals surface area contributed by atoms with Gasteiger partial charge in [0.25, 0.3) is 0 Å². The van der Waals surface area contributed by atoms with Crippen LogP contribution in [0, 0.1) is 5.92 Å². The minimum atomic E-state index is 0.0123. The van der Waals surface area contributed by atoms with Crippen LogP contribution < -0.4 is 0 Å². The molecule has 0 aliphatic carbocycles. The average molecular weight is 622 g/mol. The number of nitrogens with zero attached hydrogens (tertiary/aromatic N) is 1. The summed E-state index contributed by atoms with van der Waals surface area (Å²) in [7, 11) is 2.15. The van der Waals surface area contributed by atoms with Crippen LogP contribution in [0.15, 0.2) is 0 Å². The summed E-state index contributed by atoms with van der Waals surface area (Å²) in [6.45, 7) is 8.41. The first-order chi connectivity index (χ1) is 21.5. The quantitative estimate of drug-likeness (QED) is 0.0590. The number of carbonyl (C=O) groups excluding carboxylic acids is 2. The zero-order valence-electron chi connectivity index (χ0n) is 30.0. The molecule has 1 aliphatic rings. The molecule has 5 heteroatoms. The molecule has 1 aliphatic heterocycles. The van der Waals surface area contributed by atoms with Gasteiger partial charge in [0.05, 0.1) is 13.0 Å². The van der Waals surface area contributed by atoms with Gasteiger partial charge < -0.3 is 14.4 Å². The Bertz CT molecular complexity index is 669. The van der Waals surface area contributed by atoms with Crippen LogP contribution in [-0.4, -0.2) is 49.2 Å². The predicted octanol–water partition coefficient (Wildman–Crippen LogP) is 11.4. The predicted molar refractivity (Wildman–Crippen MR) is 187 cm³/mol. The van der Waals surface area contributed by atoms with Gasteiger partial charge in [-0.3, -0.25) is 9.59 Å². The van der Waals surface area contributed by atoms with Crippen molar-refractivity contribution in [1.82, 2.24) is 4.90 Å². The molecule has 44 heavy (non-hydrogen) atoms. The second-order valence-corrected chi connectivity index (χ2v) is 14.0. The highest BCUT2D eigenvalue weighted by Crippen LogP contribution is 2.23. The van der Waals surface area contributed by atoms with Crippen molar-refractivity contribution in [3.8, 4) is 0 Å². The normalized spacial score (nSPS) is 17.0. The van der Waals surface area contributed by atoms with Crippen molar-refractivity contribution in [2.24, 2.45) is 5.92 Å². The van der Waals surface area contributed by atoms with E-state index in [1.165, 1.54) is 122 Å². The van der Waals surface area contributed by atoms with Crippen molar-refractivity contribution in [1.29, 1.82) is 0 Å². The zero-order valence-corrected chi connectivity index (χ0v) is 30.0. The Morgan fingerprint density at radius 2 is 1.16 bits per heavy atom. The second-order valence-electron chi connectivity index (χ2n) is 14.0. The summed E-state index contributed by atoms with van der Waals surface area (Å²) >= 11 is 0. The third-order valence-electron chi connectivity index (χ3n) is 9.82. The summed E-state index contributed by atoms with van der Waals surface area (Å²) in [6.07, 6.45) is 32.5. The van der Waals surface area contributed by atoms with Gasteiger partial charge in [0.15, 0.2) is 0 Å². The highest BCUT2D eigenvalue weighted by molar-refractivity contribution is 5.70. The van der Waals surface area contributed by atoms with E-state index in [1.54, 1.807) is 0 Å². The molecule has 0 N–H and O–H groups in total. The molecule has 0 spiro atoms. The van der Waals surface area contributed by atoms with Crippen LogP contribution in [0.4, 0.5) is 0 Å². The van der Waals surface area contributed by atoms with E-state index in [1.807, 2.05) is 0 Å². The van der Waals surface area contributed by atoms with Gasteiger partial charge in [0.1, 0.15) is 6.10 Å². The molecule has 1 rings (SSSR count). The van der Waals surface area contributed by atoms with Crippen molar-refractivity contribution in [2.45, 2.75) is 213 Å². The SMILES string of the molecule is CCCCCCCCCC(CCCCCCCCOC(=O)CC(CCCC)CCCCCC)OC(=O)CC1CCCCN1C. The van der Waals surface area contributed by atoms with Gasteiger partial charge in [-0.25, -0.2) is 0 Å². The second kappa shape index (κ2) is 29.3. The van der Waals surface area contributed by atoms with Crippen LogP contribution in [0.1, 0.15) is 201 Å². The summed E-state index contributed by atoms with van der Waals surface area (Å²) < 4.78 is 11.7. The van der Waals surface area contributed by atoms with Crippen molar-refractivity contribution in [2.75, 3.05) is 20.2 Å². The van der Waals surface area contributed by atoms with E-state index in [0.29, 0.717) is 31.4 Å². The van der Waals surface area contributed by atoms with Crippen LogP contribution in [0.2, 0.25) is 0 Å². The summed E-state index contributed by atoms with van der Waals surface area (Å²) in [4.78, 5) is 27.6. The van der Waals surface area contributed by atoms with Gasteiger partial charge in [-0.1, -0.05) is 130 Å². The number of likely N-dealkylation sites (tertiary alicyclic amines) is 1. The number of hydrogen-bond acceptors (Lipinski definition) is 5. The molecule has 0 aromatic carbocycles. The van der Waals surface area contributed by atoms with Gasteiger partial charge >= 0.3 is 11.9 Å². The Hall–Kier alpha value is -1.10. The third kappa shape index (κ3) is 23.3. The zero-order chi connectivity index (χ0) is 32.1. The number of rotatable bonds is 30. The van der Waals surface area contributed by atoms with E-state index >= 15 is 0 Å². The Kier molecular flexibility index (Phi) is 27.3. The molecule has 3 atom stereocenters. The molecular weight excluding hydrogens is 546 g/mol. The standard InChI is InChI=1S/C39H75NO4/c1-5-8-11-13-14-17-21-29-37(44-39(42)34-36-28-23-24-31-40(36)4)30-22-18-15-16-19-25-32-43-38(41)33-35(26-10-7-3)27-20-12-9-6-2/h35-37H,5-34H2,1-4H3. The lowest BCUT2D eigenvalue weighted by atomic mass is 9.92. The van der Waals surface area contributed by atoms with Crippen molar-refractivity contribution < 1.29 is 19.1 Å². The third-order valence-corrected chi connectivity index (χ3v) is 9.82. The lowest BCUT2D eigenvalue weighted by Gasteiger charge is -2.32. The topological polar surface area (TPSA) is 55.8 Å². The molecule has 5 nitrogen and oxygen atoms in total. The van der Waals surface area contributed by atoms with E-state index in [-0.39, 0.29) is 18.0 Å². The number of piperidine rings is 1. The van der Waals surface area contributed by atoms with Crippen molar-refractivity contribution in [3.63, 3.8) is 0 Å². The maximum absolute atomic E-state index is 12.8. The average Bonchev–Trinajstić information content (AvgIpc) is 3.01. The van der Waals surface area contributed by atoms with Crippen LogP contribution in [-0.2, 0) is 19.1 Å². The number of ether oxygens (including phenoxy) is 2. The van der Waals surface area contributed by atoms with Gasteiger partial charge in [-0.05, 0) is 77.3 Å². The number of esters is 2. The fraction of sp³-hybridized carbons (Fsp3) is 0.949. The number of hydrogen-bond donors (Lipinski definition) is 0. The molecule has 0 saturated carbocycles. The van der Waals surface area contributed by atoms with Crippen LogP contribution in [0.3, 0.4) is 0 Å². The van der Waals surface area contributed by atoms with Gasteiger partial charge in [-0.15, -0.1) is 0 Å². The summed E-state index contributed by atoms with van der Waals surface area (Å²) in [5.41, 5.74) is 0. The largest absolute Gasteiger partial charge is 0.466 e. The molecule has 1 heterocycles. The lowest BCUT2D eigenvalue weighted by molar-refractivity contribution is -0.151. The maximum atomic E-state index is 12.8. The number of carbonyl (C=O) groups is 2.